The van der Waals surface area contributed by atoms with Crippen LogP contribution in [0.1, 0.15) is 10.6 Å². The summed E-state index contributed by atoms with van der Waals surface area (Å²) in [5, 5.41) is 3.24. The molecule has 0 atom stereocenters. The van der Waals surface area contributed by atoms with Crippen molar-refractivity contribution in [1.82, 2.24) is 0 Å². The SMILES string of the molecule is O=C(Nc1ccc(Cl)cc1Cl)c1ccc(S(=O)(=O)c2ccc(Cl)cc2)o1. The molecule has 0 saturated heterocycles. The number of benzene rings is 2. The number of amides is 1. The summed E-state index contributed by atoms with van der Waals surface area (Å²) in [6.07, 6.45) is 0. The van der Waals surface area contributed by atoms with Crippen molar-refractivity contribution in [2.45, 2.75) is 9.99 Å². The van der Waals surface area contributed by atoms with Gasteiger partial charge in [0.15, 0.2) is 5.76 Å². The first-order valence-corrected chi connectivity index (χ1v) is 9.76. The molecule has 0 radical (unpaired) electrons. The van der Waals surface area contributed by atoms with Gasteiger partial charge in [0.05, 0.1) is 15.6 Å². The number of rotatable bonds is 4. The summed E-state index contributed by atoms with van der Waals surface area (Å²) in [5.41, 5.74) is 0.319. The van der Waals surface area contributed by atoms with Crippen LogP contribution in [0.4, 0.5) is 5.69 Å². The normalized spacial score (nSPS) is 11.3. The largest absolute Gasteiger partial charge is 0.439 e. The molecule has 0 unspecified atom stereocenters. The Morgan fingerprint density at radius 1 is 0.885 bits per heavy atom. The molecule has 1 heterocycles. The molecule has 9 heteroatoms. The summed E-state index contributed by atoms with van der Waals surface area (Å²) in [7, 11) is -3.90. The minimum Gasteiger partial charge on any atom is -0.439 e. The summed E-state index contributed by atoms with van der Waals surface area (Å²) in [5.74, 6) is -0.824. The average Bonchev–Trinajstić information content (AvgIpc) is 3.09. The van der Waals surface area contributed by atoms with Crippen molar-refractivity contribution in [1.29, 1.82) is 0 Å². The Labute approximate surface area is 164 Å². The van der Waals surface area contributed by atoms with Crippen molar-refractivity contribution in [3.63, 3.8) is 0 Å². The first-order chi connectivity index (χ1) is 12.3. The Hall–Kier alpha value is -1.99. The number of furan rings is 1. The molecule has 1 N–H and O–H groups in total. The molecule has 0 saturated carbocycles. The number of anilines is 1. The molecule has 0 aliphatic rings. The van der Waals surface area contributed by atoms with Crippen molar-refractivity contribution >= 4 is 56.2 Å². The number of sulfone groups is 1. The summed E-state index contributed by atoms with van der Waals surface area (Å²) in [6, 6.07) is 12.6. The Morgan fingerprint density at radius 2 is 1.54 bits per heavy atom. The molecule has 0 bridgehead atoms. The fraction of sp³-hybridized carbons (Fsp3) is 0. The molecule has 0 aliphatic heterocycles. The molecule has 2 aromatic carbocycles. The molecule has 26 heavy (non-hydrogen) atoms. The highest BCUT2D eigenvalue weighted by molar-refractivity contribution is 7.91. The lowest BCUT2D eigenvalue weighted by Gasteiger charge is -2.06. The maximum absolute atomic E-state index is 12.5. The van der Waals surface area contributed by atoms with Crippen LogP contribution in [0.2, 0.25) is 15.1 Å². The van der Waals surface area contributed by atoms with Crippen molar-refractivity contribution in [3.05, 3.63) is 75.4 Å². The van der Waals surface area contributed by atoms with Crippen LogP contribution in [0.5, 0.6) is 0 Å². The van der Waals surface area contributed by atoms with E-state index in [1.165, 1.54) is 48.5 Å². The molecular weight excluding hydrogens is 421 g/mol. The highest BCUT2D eigenvalue weighted by Crippen LogP contribution is 2.27. The quantitative estimate of drug-likeness (QED) is 0.607. The van der Waals surface area contributed by atoms with Gasteiger partial charge in [-0.3, -0.25) is 4.79 Å². The maximum atomic E-state index is 12.5. The fourth-order valence-electron chi connectivity index (χ4n) is 2.09. The van der Waals surface area contributed by atoms with Gasteiger partial charge in [-0.2, -0.15) is 0 Å². The Bertz CT molecular complexity index is 1080. The molecule has 1 amide bonds. The van der Waals surface area contributed by atoms with Crippen molar-refractivity contribution in [2.75, 3.05) is 5.32 Å². The number of halogens is 3. The second-order valence-electron chi connectivity index (χ2n) is 5.15. The lowest BCUT2D eigenvalue weighted by Crippen LogP contribution is -2.11. The lowest BCUT2D eigenvalue weighted by atomic mass is 10.3. The van der Waals surface area contributed by atoms with Gasteiger partial charge in [0, 0.05) is 10.0 Å². The number of hydrogen-bond donors (Lipinski definition) is 1. The van der Waals surface area contributed by atoms with Crippen molar-refractivity contribution in [3.8, 4) is 0 Å². The van der Waals surface area contributed by atoms with Crippen LogP contribution in [-0.4, -0.2) is 14.3 Å². The van der Waals surface area contributed by atoms with Gasteiger partial charge in [-0.1, -0.05) is 34.8 Å². The van der Waals surface area contributed by atoms with Crippen molar-refractivity contribution in [2.24, 2.45) is 0 Å². The van der Waals surface area contributed by atoms with Gasteiger partial charge in [-0.25, -0.2) is 8.42 Å². The monoisotopic (exact) mass is 429 g/mol. The lowest BCUT2D eigenvalue weighted by molar-refractivity contribution is 0.0991. The topological polar surface area (TPSA) is 76.4 Å². The van der Waals surface area contributed by atoms with E-state index in [0.29, 0.717) is 15.7 Å². The van der Waals surface area contributed by atoms with Gasteiger partial charge >= 0.3 is 0 Å². The minimum absolute atomic E-state index is 0.00366. The van der Waals surface area contributed by atoms with Gasteiger partial charge in [0.1, 0.15) is 0 Å². The summed E-state index contributed by atoms with van der Waals surface area (Å²) < 4.78 is 30.3. The maximum Gasteiger partial charge on any atom is 0.291 e. The summed E-state index contributed by atoms with van der Waals surface area (Å²) >= 11 is 17.6. The predicted octanol–water partition coefficient (Wildman–Crippen LogP) is 5.32. The van der Waals surface area contributed by atoms with Crippen LogP contribution in [0, 0.1) is 0 Å². The van der Waals surface area contributed by atoms with E-state index in [1.807, 2.05) is 0 Å². The molecule has 0 spiro atoms. The van der Waals surface area contributed by atoms with Crippen LogP contribution < -0.4 is 5.32 Å². The fourth-order valence-corrected chi connectivity index (χ4v) is 3.85. The van der Waals surface area contributed by atoms with E-state index in [4.69, 9.17) is 39.2 Å². The van der Waals surface area contributed by atoms with Crippen molar-refractivity contribution < 1.29 is 17.6 Å². The zero-order valence-electron chi connectivity index (χ0n) is 12.9. The van der Waals surface area contributed by atoms with E-state index in [-0.39, 0.29) is 20.8 Å². The van der Waals surface area contributed by atoms with Gasteiger partial charge in [-0.15, -0.1) is 0 Å². The van der Waals surface area contributed by atoms with E-state index in [9.17, 15) is 13.2 Å². The summed E-state index contributed by atoms with van der Waals surface area (Å²) in [4.78, 5) is 12.3. The highest BCUT2D eigenvalue weighted by atomic mass is 35.5. The van der Waals surface area contributed by atoms with E-state index in [0.717, 1.165) is 0 Å². The highest BCUT2D eigenvalue weighted by Gasteiger charge is 2.23. The van der Waals surface area contributed by atoms with Gasteiger partial charge in [0.2, 0.25) is 14.9 Å². The summed E-state index contributed by atoms with van der Waals surface area (Å²) in [6.45, 7) is 0. The zero-order valence-corrected chi connectivity index (χ0v) is 16.0. The molecule has 0 fully saturated rings. The zero-order chi connectivity index (χ0) is 18.9. The first kappa shape index (κ1) is 18.8. The molecule has 3 aromatic rings. The van der Waals surface area contributed by atoms with E-state index >= 15 is 0 Å². The first-order valence-electron chi connectivity index (χ1n) is 7.14. The van der Waals surface area contributed by atoms with Gasteiger partial charge < -0.3 is 9.73 Å². The van der Waals surface area contributed by atoms with Crippen LogP contribution in [-0.2, 0) is 9.84 Å². The molecule has 3 rings (SSSR count). The van der Waals surface area contributed by atoms with Crippen LogP contribution in [0.3, 0.4) is 0 Å². The smallest absolute Gasteiger partial charge is 0.291 e. The standard InChI is InChI=1S/C17H10Cl3NO4S/c18-10-1-4-12(5-2-10)26(23,24)16-8-7-15(25-16)17(22)21-14-6-3-11(19)9-13(14)20/h1-9H,(H,21,22). The molecule has 5 nitrogen and oxygen atoms in total. The second kappa shape index (κ2) is 7.32. The Morgan fingerprint density at radius 3 is 2.19 bits per heavy atom. The number of carbonyl (C=O) groups excluding carboxylic acids is 1. The van der Waals surface area contributed by atoms with Crippen LogP contribution >= 0.6 is 34.8 Å². The molecular formula is C17H10Cl3NO4S. The number of carbonyl (C=O) groups is 1. The minimum atomic E-state index is -3.90. The van der Waals surface area contributed by atoms with Crippen LogP contribution in [0.15, 0.2) is 69.0 Å². The predicted molar refractivity (Wildman–Crippen MR) is 100 cm³/mol. The van der Waals surface area contributed by atoms with Gasteiger partial charge in [0.25, 0.3) is 5.91 Å². The molecule has 134 valence electrons. The van der Waals surface area contributed by atoms with E-state index in [1.54, 1.807) is 6.07 Å². The van der Waals surface area contributed by atoms with Gasteiger partial charge in [-0.05, 0) is 54.6 Å². The van der Waals surface area contributed by atoms with E-state index in [2.05, 4.69) is 5.32 Å². The number of nitrogens with one attached hydrogen (secondary N) is 1. The number of hydrogen-bond acceptors (Lipinski definition) is 4. The molecule has 0 aliphatic carbocycles. The average molecular weight is 431 g/mol. The Balaban J connectivity index is 1.85. The third kappa shape index (κ3) is 3.88. The third-order valence-electron chi connectivity index (χ3n) is 3.37. The van der Waals surface area contributed by atoms with E-state index < -0.39 is 15.7 Å². The molecule has 1 aromatic heterocycles. The van der Waals surface area contributed by atoms with Crippen LogP contribution in [0.25, 0.3) is 0 Å². The third-order valence-corrected chi connectivity index (χ3v) is 5.81. The Kier molecular flexibility index (Phi) is 5.29. The second-order valence-corrected chi connectivity index (χ2v) is 8.32.